The lowest BCUT2D eigenvalue weighted by atomic mass is 10.1. The van der Waals surface area contributed by atoms with Crippen molar-refractivity contribution in [1.29, 1.82) is 0 Å². The molecule has 0 bridgehead atoms. The maximum absolute atomic E-state index is 13.5. The number of carbonyl (C=O) groups is 1. The van der Waals surface area contributed by atoms with Crippen molar-refractivity contribution in [3.05, 3.63) is 65.2 Å². The monoisotopic (exact) mass is 306 g/mol. The van der Waals surface area contributed by atoms with E-state index in [1.165, 1.54) is 18.2 Å². The van der Waals surface area contributed by atoms with Gasteiger partial charge in [-0.25, -0.2) is 8.78 Å². The summed E-state index contributed by atoms with van der Waals surface area (Å²) in [5, 5.41) is 0. The van der Waals surface area contributed by atoms with E-state index >= 15 is 0 Å². The normalized spacial score (nSPS) is 10.3. The molecular formula is C17H16F2O3. The van der Waals surface area contributed by atoms with Crippen LogP contribution in [0.15, 0.2) is 42.5 Å². The van der Waals surface area contributed by atoms with E-state index in [0.29, 0.717) is 12.4 Å². The van der Waals surface area contributed by atoms with Crippen LogP contribution < -0.4 is 4.74 Å². The highest BCUT2D eigenvalue weighted by Gasteiger charge is 2.09. The molecule has 2 aromatic carbocycles. The highest BCUT2D eigenvalue weighted by atomic mass is 19.1. The molecule has 22 heavy (non-hydrogen) atoms. The van der Waals surface area contributed by atoms with Crippen LogP contribution in [0.25, 0.3) is 0 Å². The Hall–Kier alpha value is -2.43. The lowest BCUT2D eigenvalue weighted by Crippen LogP contribution is -2.07. The zero-order valence-electron chi connectivity index (χ0n) is 12.1. The Labute approximate surface area is 127 Å². The molecule has 0 radical (unpaired) electrons. The molecule has 0 heterocycles. The molecule has 0 atom stereocenters. The van der Waals surface area contributed by atoms with E-state index in [-0.39, 0.29) is 24.6 Å². The Morgan fingerprint density at radius 3 is 2.27 bits per heavy atom. The smallest absolute Gasteiger partial charge is 0.310 e. The maximum atomic E-state index is 13.5. The van der Waals surface area contributed by atoms with Crippen LogP contribution in [-0.2, 0) is 22.6 Å². The average molecular weight is 306 g/mol. The molecule has 0 fully saturated rings. The van der Waals surface area contributed by atoms with Crippen molar-refractivity contribution < 1.29 is 23.0 Å². The van der Waals surface area contributed by atoms with Crippen molar-refractivity contribution in [2.24, 2.45) is 0 Å². The van der Waals surface area contributed by atoms with Gasteiger partial charge in [-0.3, -0.25) is 4.79 Å². The zero-order chi connectivity index (χ0) is 15.9. The number of hydrogen-bond acceptors (Lipinski definition) is 3. The summed E-state index contributed by atoms with van der Waals surface area (Å²) in [6, 6.07) is 10.4. The first-order valence-corrected chi connectivity index (χ1v) is 6.90. The van der Waals surface area contributed by atoms with E-state index in [1.807, 2.05) is 0 Å². The van der Waals surface area contributed by atoms with Crippen molar-refractivity contribution in [1.82, 2.24) is 0 Å². The zero-order valence-corrected chi connectivity index (χ0v) is 12.1. The topological polar surface area (TPSA) is 35.5 Å². The minimum absolute atomic E-state index is 0.113. The fraction of sp³-hybridized carbons (Fsp3) is 0.235. The Balaban J connectivity index is 1.95. The SMILES string of the molecule is CCOC(=O)Cc1ccc(OCc2c(F)cccc2F)cc1. The molecule has 0 saturated carbocycles. The van der Waals surface area contributed by atoms with Gasteiger partial charge in [-0.2, -0.15) is 0 Å². The molecule has 116 valence electrons. The van der Waals surface area contributed by atoms with E-state index in [0.717, 1.165) is 5.56 Å². The molecule has 0 N–H and O–H groups in total. The van der Waals surface area contributed by atoms with Gasteiger partial charge >= 0.3 is 5.97 Å². The molecule has 0 saturated heterocycles. The quantitative estimate of drug-likeness (QED) is 0.764. The Bertz CT molecular complexity index is 619. The van der Waals surface area contributed by atoms with Crippen LogP contribution in [-0.4, -0.2) is 12.6 Å². The van der Waals surface area contributed by atoms with Gasteiger partial charge in [-0.1, -0.05) is 18.2 Å². The third-order valence-corrected chi connectivity index (χ3v) is 3.02. The Morgan fingerprint density at radius 2 is 1.68 bits per heavy atom. The molecule has 0 aliphatic heterocycles. The fourth-order valence-corrected chi connectivity index (χ4v) is 1.91. The Kier molecular flexibility index (Phi) is 5.47. The second kappa shape index (κ2) is 7.54. The second-order valence-corrected chi connectivity index (χ2v) is 4.61. The van der Waals surface area contributed by atoms with E-state index in [4.69, 9.17) is 9.47 Å². The largest absolute Gasteiger partial charge is 0.489 e. The van der Waals surface area contributed by atoms with E-state index in [2.05, 4.69) is 0 Å². The Morgan fingerprint density at radius 1 is 1.05 bits per heavy atom. The number of ether oxygens (including phenoxy) is 2. The van der Waals surface area contributed by atoms with Gasteiger partial charge in [0.25, 0.3) is 0 Å². The maximum Gasteiger partial charge on any atom is 0.310 e. The van der Waals surface area contributed by atoms with Crippen molar-refractivity contribution in [2.75, 3.05) is 6.61 Å². The van der Waals surface area contributed by atoms with Crippen LogP contribution in [0.1, 0.15) is 18.1 Å². The van der Waals surface area contributed by atoms with Gasteiger partial charge in [-0.05, 0) is 36.8 Å². The summed E-state index contributed by atoms with van der Waals surface area (Å²) < 4.78 is 37.1. The van der Waals surface area contributed by atoms with Crippen LogP contribution in [0.3, 0.4) is 0 Å². The molecule has 0 unspecified atom stereocenters. The molecule has 0 aliphatic rings. The summed E-state index contributed by atoms with van der Waals surface area (Å²) in [5.41, 5.74) is 0.668. The van der Waals surface area contributed by atoms with Crippen LogP contribution in [0.5, 0.6) is 5.75 Å². The number of carbonyl (C=O) groups excluding carboxylic acids is 1. The van der Waals surface area contributed by atoms with Crippen LogP contribution >= 0.6 is 0 Å². The number of benzene rings is 2. The summed E-state index contributed by atoms with van der Waals surface area (Å²) in [4.78, 5) is 11.3. The van der Waals surface area contributed by atoms with Gasteiger partial charge < -0.3 is 9.47 Å². The summed E-state index contributed by atoms with van der Waals surface area (Å²) in [7, 11) is 0. The number of esters is 1. The van der Waals surface area contributed by atoms with E-state index in [1.54, 1.807) is 31.2 Å². The first kappa shape index (κ1) is 15.9. The van der Waals surface area contributed by atoms with Crippen molar-refractivity contribution in [3.63, 3.8) is 0 Å². The van der Waals surface area contributed by atoms with Crippen molar-refractivity contribution in [2.45, 2.75) is 20.0 Å². The molecule has 3 nitrogen and oxygen atoms in total. The molecule has 0 aliphatic carbocycles. The second-order valence-electron chi connectivity index (χ2n) is 4.61. The number of hydrogen-bond donors (Lipinski definition) is 0. The summed E-state index contributed by atoms with van der Waals surface area (Å²) in [6.07, 6.45) is 0.177. The van der Waals surface area contributed by atoms with Gasteiger partial charge in [0, 0.05) is 0 Å². The molecule has 2 aromatic rings. The van der Waals surface area contributed by atoms with Gasteiger partial charge in [-0.15, -0.1) is 0 Å². The van der Waals surface area contributed by atoms with Gasteiger partial charge in [0.15, 0.2) is 0 Å². The van der Waals surface area contributed by atoms with Gasteiger partial charge in [0.1, 0.15) is 24.0 Å². The number of rotatable bonds is 6. The third-order valence-electron chi connectivity index (χ3n) is 3.02. The fourth-order valence-electron chi connectivity index (χ4n) is 1.91. The molecule has 0 spiro atoms. The molecule has 0 amide bonds. The minimum Gasteiger partial charge on any atom is -0.489 e. The van der Waals surface area contributed by atoms with E-state index < -0.39 is 11.6 Å². The van der Waals surface area contributed by atoms with Gasteiger partial charge in [0.2, 0.25) is 0 Å². The molecular weight excluding hydrogens is 290 g/mol. The van der Waals surface area contributed by atoms with Gasteiger partial charge in [0.05, 0.1) is 18.6 Å². The summed E-state index contributed by atoms with van der Waals surface area (Å²) in [6.45, 7) is 1.89. The lowest BCUT2D eigenvalue weighted by molar-refractivity contribution is -0.142. The molecule has 5 heteroatoms. The predicted octanol–water partition coefficient (Wildman–Crippen LogP) is 3.65. The number of halogens is 2. The lowest BCUT2D eigenvalue weighted by Gasteiger charge is -2.09. The molecule has 2 rings (SSSR count). The van der Waals surface area contributed by atoms with Crippen molar-refractivity contribution >= 4 is 5.97 Å². The predicted molar refractivity (Wildman–Crippen MR) is 77.5 cm³/mol. The minimum atomic E-state index is -0.640. The summed E-state index contributed by atoms with van der Waals surface area (Å²) in [5.74, 6) is -1.11. The van der Waals surface area contributed by atoms with Crippen LogP contribution in [0, 0.1) is 11.6 Å². The third kappa shape index (κ3) is 4.28. The van der Waals surface area contributed by atoms with E-state index in [9.17, 15) is 13.6 Å². The highest BCUT2D eigenvalue weighted by Crippen LogP contribution is 2.18. The summed E-state index contributed by atoms with van der Waals surface area (Å²) >= 11 is 0. The van der Waals surface area contributed by atoms with Crippen LogP contribution in [0.4, 0.5) is 8.78 Å². The van der Waals surface area contributed by atoms with Crippen molar-refractivity contribution in [3.8, 4) is 5.75 Å². The van der Waals surface area contributed by atoms with Crippen LogP contribution in [0.2, 0.25) is 0 Å². The highest BCUT2D eigenvalue weighted by molar-refractivity contribution is 5.72. The first-order chi connectivity index (χ1) is 10.6. The first-order valence-electron chi connectivity index (χ1n) is 6.90. The standard InChI is InChI=1S/C17H16F2O3/c1-2-21-17(20)10-12-6-8-13(9-7-12)22-11-14-15(18)4-3-5-16(14)19/h3-9H,2,10-11H2,1H3. The molecule has 0 aromatic heterocycles. The average Bonchev–Trinajstić information content (AvgIpc) is 2.48.